The van der Waals surface area contributed by atoms with Crippen molar-refractivity contribution in [3.05, 3.63) is 47.0 Å². The molecule has 1 aliphatic carbocycles. The van der Waals surface area contributed by atoms with Crippen molar-refractivity contribution < 1.29 is 4.39 Å². The molecular weight excluding hydrogens is 267 g/mol. The minimum absolute atomic E-state index is 0.202. The number of hydrogen-bond donors (Lipinski definition) is 1. The van der Waals surface area contributed by atoms with Gasteiger partial charge in [0.05, 0.1) is 0 Å². The highest BCUT2D eigenvalue weighted by Crippen LogP contribution is 2.39. The van der Waals surface area contributed by atoms with Gasteiger partial charge in [-0.05, 0) is 25.8 Å². The average Bonchev–Trinajstić information content (AvgIpc) is 3.28. The number of nitrogens with two attached hydrogens (primary N) is 1. The Hall–Kier alpha value is -2.17. The molecule has 0 radical (unpaired) electrons. The van der Waals surface area contributed by atoms with Crippen molar-refractivity contribution in [3.63, 3.8) is 0 Å². The first-order valence-electron chi connectivity index (χ1n) is 7.15. The maximum Gasteiger partial charge on any atom is 0.137 e. The summed E-state index contributed by atoms with van der Waals surface area (Å²) in [4.78, 5) is 10.9. The van der Waals surface area contributed by atoms with E-state index in [-0.39, 0.29) is 5.82 Å². The largest absolute Gasteiger partial charge is 0.383 e. The molecule has 1 aromatic heterocycles. The van der Waals surface area contributed by atoms with Gasteiger partial charge in [0, 0.05) is 30.6 Å². The van der Waals surface area contributed by atoms with Gasteiger partial charge in [-0.25, -0.2) is 14.4 Å². The van der Waals surface area contributed by atoms with Crippen LogP contribution < -0.4 is 10.6 Å². The lowest BCUT2D eigenvalue weighted by molar-refractivity contribution is 0.607. The van der Waals surface area contributed by atoms with Crippen LogP contribution in [0.2, 0.25) is 0 Å². The molecular formula is C16H19FN4. The first-order valence-corrected chi connectivity index (χ1v) is 7.15. The average molecular weight is 286 g/mol. The molecule has 0 saturated heterocycles. The lowest BCUT2D eigenvalue weighted by Crippen LogP contribution is -2.21. The molecule has 1 fully saturated rings. The van der Waals surface area contributed by atoms with E-state index in [0.717, 1.165) is 30.0 Å². The summed E-state index contributed by atoms with van der Waals surface area (Å²) in [5.41, 5.74) is 7.48. The van der Waals surface area contributed by atoms with Gasteiger partial charge < -0.3 is 10.6 Å². The molecule has 2 aromatic rings. The summed E-state index contributed by atoms with van der Waals surface area (Å²) in [5, 5.41) is 0. The van der Waals surface area contributed by atoms with E-state index in [1.54, 1.807) is 12.1 Å². The third-order valence-electron chi connectivity index (χ3n) is 3.84. The Labute approximate surface area is 123 Å². The molecule has 4 nitrogen and oxygen atoms in total. The molecule has 5 heteroatoms. The molecule has 1 saturated carbocycles. The third-order valence-corrected chi connectivity index (χ3v) is 3.84. The minimum Gasteiger partial charge on any atom is -0.383 e. The highest BCUT2D eigenvalue weighted by atomic mass is 19.1. The minimum atomic E-state index is -0.202. The fourth-order valence-electron chi connectivity index (χ4n) is 2.39. The van der Waals surface area contributed by atoms with Crippen molar-refractivity contribution in [2.45, 2.75) is 32.2 Å². The van der Waals surface area contributed by atoms with Crippen LogP contribution in [0.25, 0.3) is 0 Å². The van der Waals surface area contributed by atoms with Gasteiger partial charge >= 0.3 is 0 Å². The van der Waals surface area contributed by atoms with E-state index in [1.807, 2.05) is 24.9 Å². The van der Waals surface area contributed by atoms with Crippen molar-refractivity contribution in [1.29, 1.82) is 0 Å². The lowest BCUT2D eigenvalue weighted by Gasteiger charge is -2.22. The molecule has 0 spiro atoms. The molecule has 1 aromatic carbocycles. The van der Waals surface area contributed by atoms with Crippen LogP contribution in [0.1, 0.15) is 35.7 Å². The van der Waals surface area contributed by atoms with Gasteiger partial charge in [0.15, 0.2) is 0 Å². The Kier molecular flexibility index (Phi) is 3.49. The second kappa shape index (κ2) is 5.31. The molecule has 1 heterocycles. The van der Waals surface area contributed by atoms with E-state index >= 15 is 0 Å². The molecule has 3 rings (SSSR count). The van der Waals surface area contributed by atoms with Crippen molar-refractivity contribution in [3.8, 4) is 0 Å². The Bertz CT molecular complexity index is 667. The van der Waals surface area contributed by atoms with Gasteiger partial charge in [-0.15, -0.1) is 0 Å². The highest BCUT2D eigenvalue weighted by molar-refractivity contribution is 5.56. The van der Waals surface area contributed by atoms with E-state index in [4.69, 9.17) is 5.73 Å². The number of nitrogens with zero attached hydrogens (tertiary/aromatic N) is 3. The van der Waals surface area contributed by atoms with Gasteiger partial charge in [-0.1, -0.05) is 18.2 Å². The highest BCUT2D eigenvalue weighted by Gasteiger charge is 2.28. The third kappa shape index (κ3) is 2.82. The molecule has 21 heavy (non-hydrogen) atoms. The summed E-state index contributed by atoms with van der Waals surface area (Å²) in [7, 11) is 1.90. The zero-order valence-corrected chi connectivity index (χ0v) is 12.3. The molecule has 110 valence electrons. The van der Waals surface area contributed by atoms with Gasteiger partial charge in [-0.3, -0.25) is 0 Å². The van der Waals surface area contributed by atoms with Crippen molar-refractivity contribution in [2.24, 2.45) is 0 Å². The maximum absolute atomic E-state index is 13.8. The summed E-state index contributed by atoms with van der Waals surface area (Å²) in [6.45, 7) is 2.35. The van der Waals surface area contributed by atoms with Crippen LogP contribution in [0.5, 0.6) is 0 Å². The van der Waals surface area contributed by atoms with Crippen molar-refractivity contribution in [1.82, 2.24) is 9.97 Å². The summed E-state index contributed by atoms with van der Waals surface area (Å²) >= 11 is 0. The SMILES string of the molecule is Cc1c(N)nc(C2CC2)nc1N(C)Cc1ccccc1F. The monoisotopic (exact) mass is 286 g/mol. The second-order valence-electron chi connectivity index (χ2n) is 5.64. The fraction of sp³-hybridized carbons (Fsp3) is 0.375. The molecule has 0 bridgehead atoms. The van der Waals surface area contributed by atoms with E-state index in [1.165, 1.54) is 6.07 Å². The maximum atomic E-state index is 13.8. The summed E-state index contributed by atoms with van der Waals surface area (Å²) in [6.07, 6.45) is 2.25. The van der Waals surface area contributed by atoms with E-state index < -0.39 is 0 Å². The molecule has 0 unspecified atom stereocenters. The van der Waals surface area contributed by atoms with Gasteiger partial charge in [0.25, 0.3) is 0 Å². The second-order valence-corrected chi connectivity index (χ2v) is 5.64. The van der Waals surface area contributed by atoms with E-state index in [0.29, 0.717) is 23.8 Å². The van der Waals surface area contributed by atoms with Gasteiger partial charge in [0.2, 0.25) is 0 Å². The van der Waals surface area contributed by atoms with Crippen LogP contribution in [0.15, 0.2) is 24.3 Å². The van der Waals surface area contributed by atoms with Gasteiger partial charge in [0.1, 0.15) is 23.3 Å². The van der Waals surface area contributed by atoms with Crippen LogP contribution in [-0.4, -0.2) is 17.0 Å². The number of aromatic nitrogens is 2. The Morgan fingerprint density at radius 2 is 2.00 bits per heavy atom. The molecule has 0 aliphatic heterocycles. The molecule has 0 atom stereocenters. The number of rotatable bonds is 4. The van der Waals surface area contributed by atoms with Crippen molar-refractivity contribution in [2.75, 3.05) is 17.7 Å². The summed E-state index contributed by atoms with van der Waals surface area (Å²) in [5.74, 6) is 2.35. The molecule has 0 amide bonds. The quantitative estimate of drug-likeness (QED) is 0.938. The van der Waals surface area contributed by atoms with Crippen LogP contribution in [0.4, 0.5) is 16.0 Å². The number of halogens is 1. The van der Waals surface area contributed by atoms with Crippen LogP contribution in [0, 0.1) is 12.7 Å². The topological polar surface area (TPSA) is 55.0 Å². The first-order chi connectivity index (χ1) is 10.1. The fourth-order valence-corrected chi connectivity index (χ4v) is 2.39. The predicted octanol–water partition coefficient (Wildman–Crippen LogP) is 3.02. The zero-order chi connectivity index (χ0) is 15.0. The molecule has 1 aliphatic rings. The lowest BCUT2D eigenvalue weighted by atomic mass is 10.2. The van der Waals surface area contributed by atoms with E-state index in [2.05, 4.69) is 9.97 Å². The smallest absolute Gasteiger partial charge is 0.137 e. The number of benzene rings is 1. The van der Waals surface area contributed by atoms with Crippen LogP contribution >= 0.6 is 0 Å². The number of nitrogen functional groups attached to an aromatic ring is 1. The van der Waals surface area contributed by atoms with Crippen LogP contribution in [0.3, 0.4) is 0 Å². The zero-order valence-electron chi connectivity index (χ0n) is 12.3. The van der Waals surface area contributed by atoms with Crippen molar-refractivity contribution >= 4 is 11.6 Å². The van der Waals surface area contributed by atoms with Crippen LogP contribution in [-0.2, 0) is 6.54 Å². The molecule has 2 N–H and O–H groups in total. The van der Waals surface area contributed by atoms with Gasteiger partial charge in [-0.2, -0.15) is 0 Å². The Morgan fingerprint density at radius 1 is 1.29 bits per heavy atom. The normalized spacial score (nSPS) is 14.2. The number of hydrogen-bond acceptors (Lipinski definition) is 4. The van der Waals surface area contributed by atoms with E-state index in [9.17, 15) is 4.39 Å². The Balaban J connectivity index is 1.90. The first kappa shape index (κ1) is 13.8. The summed E-state index contributed by atoms with van der Waals surface area (Å²) < 4.78 is 13.8. The summed E-state index contributed by atoms with van der Waals surface area (Å²) in [6, 6.07) is 6.79. The number of anilines is 2. The Morgan fingerprint density at radius 3 is 2.67 bits per heavy atom. The standard InChI is InChI=1S/C16H19FN4/c1-10-14(18)19-15(11-7-8-11)20-16(10)21(2)9-12-5-3-4-6-13(12)17/h3-6,11H,7-9H2,1-2H3,(H2,18,19,20). The predicted molar refractivity (Wildman–Crippen MR) is 81.7 cm³/mol.